The van der Waals surface area contributed by atoms with Crippen molar-refractivity contribution in [2.75, 3.05) is 18.1 Å². The van der Waals surface area contributed by atoms with Crippen molar-refractivity contribution in [2.24, 2.45) is 11.8 Å². The van der Waals surface area contributed by atoms with Crippen LogP contribution in [0, 0.1) is 11.8 Å². The number of rotatable bonds is 5. The minimum atomic E-state index is 0.703. The number of furan rings is 1. The van der Waals surface area contributed by atoms with Gasteiger partial charge in [-0.1, -0.05) is 6.92 Å². The summed E-state index contributed by atoms with van der Waals surface area (Å²) < 4.78 is 5.90. The molecule has 0 amide bonds. The summed E-state index contributed by atoms with van der Waals surface area (Å²) in [5.74, 6) is 7.41. The molecule has 0 radical (unpaired) electrons. The largest absolute Gasteiger partial charge is 0.464 e. The summed E-state index contributed by atoms with van der Waals surface area (Å²) >= 11 is 2.10. The third-order valence-electron chi connectivity index (χ3n) is 4.23. The Bertz CT molecular complexity index is 384. The lowest BCUT2D eigenvalue weighted by atomic mass is 10.0. The van der Waals surface area contributed by atoms with Crippen LogP contribution in [-0.4, -0.2) is 18.1 Å². The van der Waals surface area contributed by atoms with Gasteiger partial charge in [0.25, 0.3) is 0 Å². The van der Waals surface area contributed by atoms with Crippen LogP contribution in [0.25, 0.3) is 0 Å². The highest BCUT2D eigenvalue weighted by Gasteiger charge is 2.36. The van der Waals surface area contributed by atoms with Gasteiger partial charge in [-0.2, -0.15) is 11.8 Å². The molecule has 0 spiro atoms. The van der Waals surface area contributed by atoms with E-state index < -0.39 is 0 Å². The van der Waals surface area contributed by atoms with Crippen LogP contribution in [0.1, 0.15) is 43.6 Å². The van der Waals surface area contributed by atoms with Crippen molar-refractivity contribution < 1.29 is 4.42 Å². The Balaban J connectivity index is 1.41. The zero-order chi connectivity index (χ0) is 12.4. The fourth-order valence-electron chi connectivity index (χ4n) is 2.76. The molecule has 18 heavy (non-hydrogen) atoms. The van der Waals surface area contributed by atoms with E-state index in [2.05, 4.69) is 36.1 Å². The lowest BCUT2D eigenvalue weighted by molar-refractivity contribution is 0.408. The SMILES string of the molecule is CC1CC1c1ccc(CNCC2CCSCC2)o1. The van der Waals surface area contributed by atoms with Crippen LogP contribution in [0.5, 0.6) is 0 Å². The Morgan fingerprint density at radius 2 is 2.11 bits per heavy atom. The Morgan fingerprint density at radius 3 is 2.83 bits per heavy atom. The molecule has 2 heterocycles. The molecule has 2 unspecified atom stereocenters. The molecule has 2 aliphatic rings. The summed E-state index contributed by atoms with van der Waals surface area (Å²) in [5.41, 5.74) is 0. The molecule has 3 rings (SSSR count). The van der Waals surface area contributed by atoms with Crippen LogP contribution in [0.15, 0.2) is 16.5 Å². The molecule has 1 N–H and O–H groups in total. The van der Waals surface area contributed by atoms with E-state index in [4.69, 9.17) is 4.42 Å². The zero-order valence-corrected chi connectivity index (χ0v) is 12.0. The summed E-state index contributed by atoms with van der Waals surface area (Å²) in [6.45, 7) is 4.34. The van der Waals surface area contributed by atoms with Crippen molar-refractivity contribution in [3.05, 3.63) is 23.7 Å². The van der Waals surface area contributed by atoms with E-state index in [9.17, 15) is 0 Å². The first-order valence-electron chi connectivity index (χ1n) is 7.20. The van der Waals surface area contributed by atoms with E-state index in [1.54, 1.807) is 0 Å². The predicted octanol–water partition coefficient (Wildman–Crippen LogP) is 3.64. The van der Waals surface area contributed by atoms with Crippen molar-refractivity contribution in [1.82, 2.24) is 5.32 Å². The maximum atomic E-state index is 5.90. The maximum Gasteiger partial charge on any atom is 0.117 e. The summed E-state index contributed by atoms with van der Waals surface area (Å²) in [5, 5.41) is 3.55. The first-order valence-corrected chi connectivity index (χ1v) is 8.35. The number of hydrogen-bond acceptors (Lipinski definition) is 3. The molecule has 1 aliphatic carbocycles. The highest BCUT2D eigenvalue weighted by molar-refractivity contribution is 7.99. The second-order valence-electron chi connectivity index (χ2n) is 5.81. The second kappa shape index (κ2) is 5.70. The van der Waals surface area contributed by atoms with Gasteiger partial charge in [-0.05, 0) is 61.3 Å². The summed E-state index contributed by atoms with van der Waals surface area (Å²) in [7, 11) is 0. The number of hydrogen-bond donors (Lipinski definition) is 1. The van der Waals surface area contributed by atoms with Crippen molar-refractivity contribution in [3.8, 4) is 0 Å². The lowest BCUT2D eigenvalue weighted by Crippen LogP contribution is -2.25. The van der Waals surface area contributed by atoms with Gasteiger partial charge in [-0.3, -0.25) is 0 Å². The van der Waals surface area contributed by atoms with E-state index in [1.165, 1.54) is 36.5 Å². The van der Waals surface area contributed by atoms with Gasteiger partial charge >= 0.3 is 0 Å². The average Bonchev–Trinajstić information content (AvgIpc) is 2.94. The predicted molar refractivity (Wildman–Crippen MR) is 77.0 cm³/mol. The fraction of sp³-hybridized carbons (Fsp3) is 0.733. The molecule has 1 aromatic rings. The molecule has 2 fully saturated rings. The van der Waals surface area contributed by atoms with Gasteiger partial charge in [-0.15, -0.1) is 0 Å². The second-order valence-corrected chi connectivity index (χ2v) is 7.03. The van der Waals surface area contributed by atoms with Crippen LogP contribution >= 0.6 is 11.8 Å². The first-order chi connectivity index (χ1) is 8.83. The van der Waals surface area contributed by atoms with E-state index in [1.807, 2.05) is 0 Å². The van der Waals surface area contributed by atoms with Gasteiger partial charge in [0.1, 0.15) is 11.5 Å². The van der Waals surface area contributed by atoms with Gasteiger partial charge in [0.05, 0.1) is 6.54 Å². The van der Waals surface area contributed by atoms with E-state index in [0.29, 0.717) is 5.92 Å². The summed E-state index contributed by atoms with van der Waals surface area (Å²) in [6, 6.07) is 4.31. The Labute approximate surface area is 114 Å². The monoisotopic (exact) mass is 265 g/mol. The van der Waals surface area contributed by atoms with E-state index in [0.717, 1.165) is 30.7 Å². The van der Waals surface area contributed by atoms with Gasteiger partial charge in [-0.25, -0.2) is 0 Å². The smallest absolute Gasteiger partial charge is 0.117 e. The Morgan fingerprint density at radius 1 is 1.33 bits per heavy atom. The first kappa shape index (κ1) is 12.6. The van der Waals surface area contributed by atoms with Gasteiger partial charge < -0.3 is 9.73 Å². The molecule has 0 aromatic carbocycles. The zero-order valence-electron chi connectivity index (χ0n) is 11.2. The highest BCUT2D eigenvalue weighted by atomic mass is 32.2. The quantitative estimate of drug-likeness (QED) is 0.880. The van der Waals surface area contributed by atoms with E-state index >= 15 is 0 Å². The van der Waals surface area contributed by atoms with Crippen LogP contribution in [0.4, 0.5) is 0 Å². The fourth-order valence-corrected chi connectivity index (χ4v) is 3.96. The summed E-state index contributed by atoms with van der Waals surface area (Å²) in [4.78, 5) is 0. The van der Waals surface area contributed by atoms with Crippen molar-refractivity contribution >= 4 is 11.8 Å². The topological polar surface area (TPSA) is 25.2 Å². The molecule has 1 aliphatic heterocycles. The lowest BCUT2D eigenvalue weighted by Gasteiger charge is -2.21. The Kier molecular flexibility index (Phi) is 4.00. The normalized spacial score (nSPS) is 28.5. The van der Waals surface area contributed by atoms with Crippen molar-refractivity contribution in [2.45, 2.75) is 38.6 Å². The molecule has 2 nitrogen and oxygen atoms in total. The molecular formula is C15H23NOS. The third-order valence-corrected chi connectivity index (χ3v) is 5.28. The number of thioether (sulfide) groups is 1. The van der Waals surface area contributed by atoms with Gasteiger partial charge in [0, 0.05) is 5.92 Å². The summed E-state index contributed by atoms with van der Waals surface area (Å²) in [6.07, 6.45) is 4.06. The molecule has 1 saturated heterocycles. The molecular weight excluding hydrogens is 242 g/mol. The molecule has 3 heteroatoms. The number of nitrogens with one attached hydrogen (secondary N) is 1. The molecule has 0 bridgehead atoms. The molecule has 2 atom stereocenters. The van der Waals surface area contributed by atoms with Crippen LogP contribution in [0.3, 0.4) is 0 Å². The Hall–Kier alpha value is -0.410. The molecule has 1 aromatic heterocycles. The van der Waals surface area contributed by atoms with Crippen molar-refractivity contribution in [1.29, 1.82) is 0 Å². The van der Waals surface area contributed by atoms with Crippen molar-refractivity contribution in [3.63, 3.8) is 0 Å². The van der Waals surface area contributed by atoms with Crippen LogP contribution in [-0.2, 0) is 6.54 Å². The minimum Gasteiger partial charge on any atom is -0.464 e. The third kappa shape index (κ3) is 3.12. The standard InChI is InChI=1S/C15H23NOS/c1-11-8-14(11)15-3-2-13(17-15)10-16-9-12-4-6-18-7-5-12/h2-3,11-12,14,16H,4-10H2,1H3. The highest BCUT2D eigenvalue weighted by Crippen LogP contribution is 2.47. The van der Waals surface area contributed by atoms with E-state index in [-0.39, 0.29) is 0 Å². The van der Waals surface area contributed by atoms with Crippen LogP contribution < -0.4 is 5.32 Å². The molecule has 100 valence electrons. The molecule has 1 saturated carbocycles. The maximum absolute atomic E-state index is 5.90. The van der Waals surface area contributed by atoms with Gasteiger partial charge in [0.2, 0.25) is 0 Å². The van der Waals surface area contributed by atoms with Gasteiger partial charge in [0.15, 0.2) is 0 Å². The minimum absolute atomic E-state index is 0.703. The average molecular weight is 265 g/mol. The van der Waals surface area contributed by atoms with Crippen LogP contribution in [0.2, 0.25) is 0 Å².